The van der Waals surface area contributed by atoms with Crippen molar-refractivity contribution in [2.75, 3.05) is 0 Å². The molecule has 2 aromatic rings. The Hall–Kier alpha value is -2.76. The Kier molecular flexibility index (Phi) is 10.5. The van der Waals surface area contributed by atoms with Crippen LogP contribution >= 0.6 is 0 Å². The molecule has 0 spiro atoms. The minimum absolute atomic E-state index is 0.0335. The number of nitrogens with zero attached hydrogens (tertiary/aromatic N) is 2. The van der Waals surface area contributed by atoms with Crippen molar-refractivity contribution in [1.82, 2.24) is 20.6 Å². The highest BCUT2D eigenvalue weighted by Crippen LogP contribution is 2.17. The molecule has 0 radical (unpaired) electrons. The summed E-state index contributed by atoms with van der Waals surface area (Å²) in [5.74, 6) is 0.805. The number of hydrogen-bond donors (Lipinski definition) is 2. The van der Waals surface area contributed by atoms with Gasteiger partial charge in [-0.1, -0.05) is 53.7 Å². The Morgan fingerprint density at radius 2 is 1.33 bits per heavy atom. The second-order valence-electron chi connectivity index (χ2n) is 9.71. The first-order valence-electron chi connectivity index (χ1n) is 12.1. The minimum atomic E-state index is -0.0497. The quantitative estimate of drug-likeness (QED) is 0.485. The average molecular weight is 453 g/mol. The molecule has 0 aromatic carbocycles. The third-order valence-electron chi connectivity index (χ3n) is 5.79. The molecule has 0 saturated heterocycles. The lowest BCUT2D eigenvalue weighted by molar-refractivity contribution is -0.125. The molecule has 2 atom stereocenters. The highest BCUT2D eigenvalue weighted by Gasteiger charge is 2.15. The molecule has 0 aliphatic rings. The van der Waals surface area contributed by atoms with Crippen molar-refractivity contribution in [3.8, 4) is 0 Å². The lowest BCUT2D eigenvalue weighted by Gasteiger charge is -2.16. The van der Waals surface area contributed by atoms with E-state index in [1.165, 1.54) is 0 Å². The largest absolute Gasteiger partial charge is 0.350 e. The summed E-state index contributed by atoms with van der Waals surface area (Å²) in [7, 11) is 0. The monoisotopic (exact) mass is 452 g/mol. The summed E-state index contributed by atoms with van der Waals surface area (Å²) in [4.78, 5) is 33.6. The number of amides is 2. The molecule has 33 heavy (non-hydrogen) atoms. The van der Waals surface area contributed by atoms with E-state index in [0.29, 0.717) is 24.9 Å². The van der Waals surface area contributed by atoms with Crippen LogP contribution in [0.5, 0.6) is 0 Å². The number of rotatable bonds is 12. The minimum Gasteiger partial charge on any atom is -0.350 e. The first kappa shape index (κ1) is 26.5. The van der Waals surface area contributed by atoms with Crippen molar-refractivity contribution in [2.24, 2.45) is 17.8 Å². The molecular formula is C27H40N4O2. The Morgan fingerprint density at radius 1 is 0.758 bits per heavy atom. The fourth-order valence-corrected chi connectivity index (χ4v) is 3.52. The number of hydrogen-bond acceptors (Lipinski definition) is 4. The van der Waals surface area contributed by atoms with E-state index < -0.39 is 0 Å². The van der Waals surface area contributed by atoms with Crippen molar-refractivity contribution >= 4 is 11.8 Å². The van der Waals surface area contributed by atoms with Crippen LogP contribution < -0.4 is 10.6 Å². The topological polar surface area (TPSA) is 84.0 Å². The maximum Gasteiger partial charge on any atom is 0.223 e. The third-order valence-corrected chi connectivity index (χ3v) is 5.79. The second-order valence-corrected chi connectivity index (χ2v) is 9.71. The maximum absolute atomic E-state index is 12.5. The van der Waals surface area contributed by atoms with Gasteiger partial charge in [-0.15, -0.1) is 0 Å². The average Bonchev–Trinajstić information content (AvgIpc) is 2.79. The first-order valence-corrected chi connectivity index (χ1v) is 12.1. The summed E-state index contributed by atoms with van der Waals surface area (Å²) < 4.78 is 0. The van der Waals surface area contributed by atoms with Crippen molar-refractivity contribution in [3.05, 3.63) is 59.2 Å². The van der Waals surface area contributed by atoms with Crippen LogP contribution in [0.15, 0.2) is 36.4 Å². The van der Waals surface area contributed by atoms with E-state index in [4.69, 9.17) is 0 Å². The van der Waals surface area contributed by atoms with Crippen molar-refractivity contribution < 1.29 is 9.59 Å². The lowest BCUT2D eigenvalue weighted by atomic mass is 9.94. The van der Waals surface area contributed by atoms with E-state index in [9.17, 15) is 9.59 Å². The Morgan fingerprint density at radius 3 is 1.97 bits per heavy atom. The normalized spacial score (nSPS) is 13.1. The molecule has 2 heterocycles. The highest BCUT2D eigenvalue weighted by molar-refractivity contribution is 5.78. The maximum atomic E-state index is 12.5. The van der Waals surface area contributed by atoms with Crippen LogP contribution in [-0.4, -0.2) is 21.8 Å². The predicted molar refractivity (Wildman–Crippen MR) is 132 cm³/mol. The Balaban J connectivity index is 1.76. The zero-order chi connectivity index (χ0) is 24.4. The third kappa shape index (κ3) is 9.32. The zero-order valence-corrected chi connectivity index (χ0v) is 21.0. The van der Waals surface area contributed by atoms with Gasteiger partial charge in [0.05, 0.1) is 24.5 Å². The highest BCUT2D eigenvalue weighted by atomic mass is 16.2. The molecule has 6 heteroatoms. The summed E-state index contributed by atoms with van der Waals surface area (Å²) in [6, 6.07) is 11.9. The number of carbonyl (C=O) groups excluding carboxylic acids is 2. The Labute approximate surface area is 199 Å². The molecule has 0 aliphatic heterocycles. The Bertz CT molecular complexity index is 910. The van der Waals surface area contributed by atoms with Gasteiger partial charge in [-0.2, -0.15) is 0 Å². The molecule has 0 fully saturated rings. The van der Waals surface area contributed by atoms with Crippen molar-refractivity contribution in [2.45, 2.75) is 79.8 Å². The van der Waals surface area contributed by atoms with Gasteiger partial charge in [-0.3, -0.25) is 19.6 Å². The van der Waals surface area contributed by atoms with Crippen LogP contribution in [0.3, 0.4) is 0 Å². The van der Waals surface area contributed by atoms with Crippen LogP contribution in [0, 0.1) is 17.8 Å². The van der Waals surface area contributed by atoms with Crippen molar-refractivity contribution in [3.63, 3.8) is 0 Å². The number of nitrogens with one attached hydrogen (secondary N) is 2. The molecule has 2 rings (SSSR count). The lowest BCUT2D eigenvalue weighted by Crippen LogP contribution is -2.29. The molecule has 2 amide bonds. The second kappa shape index (κ2) is 13.1. The van der Waals surface area contributed by atoms with Gasteiger partial charge in [0.25, 0.3) is 0 Å². The van der Waals surface area contributed by atoms with Crippen molar-refractivity contribution in [1.29, 1.82) is 0 Å². The van der Waals surface area contributed by atoms with E-state index in [-0.39, 0.29) is 23.7 Å². The standard InChI is InChI=1S/C27H40N4O2/c1-18(2)25-12-8-11-24(31-25)17-29-27(33)21(6)14-13-20(5)15-22-9-7-10-23(30-22)16-28-26(32)19(3)4/h7-12,18-21H,13-17H2,1-6H3,(H,28,32)(H,29,33). The van der Waals surface area contributed by atoms with Gasteiger partial charge in [-0.05, 0) is 55.4 Å². The van der Waals surface area contributed by atoms with Crippen LogP contribution in [-0.2, 0) is 29.1 Å². The molecule has 0 aliphatic carbocycles. The van der Waals surface area contributed by atoms with E-state index >= 15 is 0 Å². The zero-order valence-electron chi connectivity index (χ0n) is 21.0. The van der Waals surface area contributed by atoms with Gasteiger partial charge in [0.1, 0.15) is 0 Å². The van der Waals surface area contributed by atoms with Gasteiger partial charge in [0.15, 0.2) is 0 Å². The van der Waals surface area contributed by atoms with Crippen LogP contribution in [0.25, 0.3) is 0 Å². The van der Waals surface area contributed by atoms with Gasteiger partial charge in [-0.25, -0.2) is 0 Å². The molecule has 0 saturated carbocycles. The number of aromatic nitrogens is 2. The molecule has 180 valence electrons. The molecule has 2 aromatic heterocycles. The summed E-state index contributed by atoms with van der Waals surface area (Å²) in [6.45, 7) is 13.1. The summed E-state index contributed by atoms with van der Waals surface area (Å²) >= 11 is 0. The SMILES string of the molecule is CC(CCC(C)C(=O)NCc1cccc(C(C)C)n1)Cc1cccc(CNC(=O)C(C)C)n1. The van der Waals surface area contributed by atoms with E-state index in [0.717, 1.165) is 42.0 Å². The molecule has 2 unspecified atom stereocenters. The van der Waals surface area contributed by atoms with Gasteiger partial charge in [0, 0.05) is 23.2 Å². The fourth-order valence-electron chi connectivity index (χ4n) is 3.52. The summed E-state index contributed by atoms with van der Waals surface area (Å²) in [5, 5.41) is 5.94. The molecule has 2 N–H and O–H groups in total. The molecular weight excluding hydrogens is 412 g/mol. The number of pyridine rings is 2. The summed E-state index contributed by atoms with van der Waals surface area (Å²) in [6.07, 6.45) is 2.63. The smallest absolute Gasteiger partial charge is 0.223 e. The number of carbonyl (C=O) groups is 2. The first-order chi connectivity index (χ1) is 15.7. The van der Waals surface area contributed by atoms with Gasteiger partial charge in [0.2, 0.25) is 11.8 Å². The summed E-state index contributed by atoms with van der Waals surface area (Å²) in [5.41, 5.74) is 3.83. The van der Waals surface area contributed by atoms with E-state index in [1.54, 1.807) is 0 Å². The molecule has 0 bridgehead atoms. The van der Waals surface area contributed by atoms with Gasteiger partial charge < -0.3 is 10.6 Å². The molecule has 6 nitrogen and oxygen atoms in total. The fraction of sp³-hybridized carbons (Fsp3) is 0.556. The van der Waals surface area contributed by atoms with Gasteiger partial charge >= 0.3 is 0 Å². The van der Waals surface area contributed by atoms with Crippen LogP contribution in [0.2, 0.25) is 0 Å². The van der Waals surface area contributed by atoms with Crippen LogP contribution in [0.1, 0.15) is 83.1 Å². The van der Waals surface area contributed by atoms with E-state index in [1.807, 2.05) is 57.2 Å². The van der Waals surface area contributed by atoms with E-state index in [2.05, 4.69) is 41.4 Å². The predicted octanol–water partition coefficient (Wildman–Crippen LogP) is 4.78. The van der Waals surface area contributed by atoms with Crippen LogP contribution in [0.4, 0.5) is 0 Å².